The number of aryl methyl sites for hydroxylation is 1. The second-order valence-electron chi connectivity index (χ2n) is 6.94. The third-order valence-electron chi connectivity index (χ3n) is 4.97. The van der Waals surface area contributed by atoms with E-state index in [2.05, 4.69) is 82.8 Å². The molecule has 0 aromatic heterocycles. The molecule has 0 aliphatic carbocycles. The van der Waals surface area contributed by atoms with E-state index in [1.165, 1.54) is 16.7 Å². The number of rotatable bonds is 5. The summed E-state index contributed by atoms with van der Waals surface area (Å²) in [5.74, 6) is 1.73. The standard InChI is InChI=1S/C24H23BrN2O/c1-3-28-21-7-5-4-6-20(21)24-26-22(17-10-8-16(2)9-11-17)23(27-24)18-12-14-19(25)15-13-18/h4-15,22-23H,3H2,1-2H3,(H,26,27)/t22-,23+/m0/s1. The number of ether oxygens (including phenoxy) is 1. The Morgan fingerprint density at radius 1 is 0.929 bits per heavy atom. The van der Waals surface area contributed by atoms with Crippen LogP contribution in [0.2, 0.25) is 0 Å². The molecule has 3 aromatic carbocycles. The van der Waals surface area contributed by atoms with E-state index in [1.807, 2.05) is 25.1 Å². The predicted octanol–water partition coefficient (Wildman–Crippen LogP) is 5.99. The van der Waals surface area contributed by atoms with Gasteiger partial charge in [0.2, 0.25) is 0 Å². The highest BCUT2D eigenvalue weighted by Gasteiger charge is 2.32. The lowest BCUT2D eigenvalue weighted by Gasteiger charge is -2.20. The van der Waals surface area contributed by atoms with Crippen LogP contribution in [0.3, 0.4) is 0 Å². The summed E-state index contributed by atoms with van der Waals surface area (Å²) in [5.41, 5.74) is 4.67. The van der Waals surface area contributed by atoms with Gasteiger partial charge in [-0.25, -0.2) is 0 Å². The van der Waals surface area contributed by atoms with Crippen molar-refractivity contribution < 1.29 is 4.74 Å². The van der Waals surface area contributed by atoms with Gasteiger partial charge in [-0.3, -0.25) is 4.99 Å². The molecule has 3 nitrogen and oxygen atoms in total. The Bertz CT molecular complexity index is 980. The van der Waals surface area contributed by atoms with E-state index in [9.17, 15) is 0 Å². The smallest absolute Gasteiger partial charge is 0.133 e. The highest BCUT2D eigenvalue weighted by atomic mass is 79.9. The second-order valence-corrected chi connectivity index (χ2v) is 7.85. The molecule has 1 aliphatic heterocycles. The molecular weight excluding hydrogens is 412 g/mol. The fourth-order valence-electron chi connectivity index (χ4n) is 3.53. The molecule has 4 heteroatoms. The van der Waals surface area contributed by atoms with Crippen molar-refractivity contribution in [2.75, 3.05) is 6.61 Å². The van der Waals surface area contributed by atoms with Crippen LogP contribution in [0, 0.1) is 6.92 Å². The lowest BCUT2D eigenvalue weighted by molar-refractivity contribution is 0.339. The van der Waals surface area contributed by atoms with Gasteiger partial charge in [0.05, 0.1) is 18.2 Å². The van der Waals surface area contributed by atoms with Gasteiger partial charge in [0, 0.05) is 4.47 Å². The van der Waals surface area contributed by atoms with Crippen LogP contribution < -0.4 is 10.1 Å². The molecule has 142 valence electrons. The van der Waals surface area contributed by atoms with Crippen molar-refractivity contribution >= 4 is 21.8 Å². The van der Waals surface area contributed by atoms with Gasteiger partial charge in [-0.05, 0) is 49.2 Å². The summed E-state index contributed by atoms with van der Waals surface area (Å²) in [4.78, 5) is 5.09. The zero-order valence-corrected chi connectivity index (χ0v) is 17.6. The third kappa shape index (κ3) is 3.83. The van der Waals surface area contributed by atoms with E-state index in [-0.39, 0.29) is 12.1 Å². The number of benzene rings is 3. The molecule has 0 radical (unpaired) electrons. The molecule has 4 rings (SSSR count). The van der Waals surface area contributed by atoms with Gasteiger partial charge in [0.1, 0.15) is 17.6 Å². The molecule has 0 fully saturated rings. The van der Waals surface area contributed by atoms with Crippen molar-refractivity contribution in [1.29, 1.82) is 0 Å². The van der Waals surface area contributed by atoms with E-state index in [0.29, 0.717) is 6.61 Å². The number of halogens is 1. The van der Waals surface area contributed by atoms with Crippen molar-refractivity contribution in [3.05, 3.63) is 99.5 Å². The summed E-state index contributed by atoms with van der Waals surface area (Å²) < 4.78 is 6.91. The van der Waals surface area contributed by atoms with Crippen molar-refractivity contribution in [3.8, 4) is 5.75 Å². The van der Waals surface area contributed by atoms with E-state index in [0.717, 1.165) is 21.6 Å². The average Bonchev–Trinajstić information content (AvgIpc) is 3.15. The molecule has 1 aliphatic rings. The van der Waals surface area contributed by atoms with Gasteiger partial charge in [-0.2, -0.15) is 0 Å². The Kier molecular flexibility index (Phi) is 5.49. The van der Waals surface area contributed by atoms with E-state index in [4.69, 9.17) is 9.73 Å². The van der Waals surface area contributed by atoms with Crippen molar-refractivity contribution in [1.82, 2.24) is 5.32 Å². The molecule has 0 saturated carbocycles. The summed E-state index contributed by atoms with van der Waals surface area (Å²) in [6.45, 7) is 4.74. The van der Waals surface area contributed by atoms with E-state index >= 15 is 0 Å². The molecular formula is C24H23BrN2O. The van der Waals surface area contributed by atoms with Crippen LogP contribution in [0.25, 0.3) is 0 Å². The van der Waals surface area contributed by atoms with Crippen molar-refractivity contribution in [2.24, 2.45) is 4.99 Å². The lowest BCUT2D eigenvalue weighted by atomic mass is 9.94. The molecule has 1 N–H and O–H groups in total. The summed E-state index contributed by atoms with van der Waals surface area (Å²) in [5, 5.41) is 3.66. The van der Waals surface area contributed by atoms with Crippen molar-refractivity contribution in [2.45, 2.75) is 25.9 Å². The maximum Gasteiger partial charge on any atom is 0.133 e. The second kappa shape index (κ2) is 8.19. The normalized spacial score (nSPS) is 18.5. The Balaban J connectivity index is 1.76. The first kappa shape index (κ1) is 18.8. The molecule has 28 heavy (non-hydrogen) atoms. The monoisotopic (exact) mass is 434 g/mol. The van der Waals surface area contributed by atoms with Gasteiger partial charge in [-0.1, -0.05) is 70.0 Å². The largest absolute Gasteiger partial charge is 0.493 e. The number of hydrogen-bond acceptors (Lipinski definition) is 3. The number of nitrogens with zero attached hydrogens (tertiary/aromatic N) is 1. The quantitative estimate of drug-likeness (QED) is 0.534. The van der Waals surface area contributed by atoms with Gasteiger partial charge in [0.25, 0.3) is 0 Å². The molecule has 2 atom stereocenters. The topological polar surface area (TPSA) is 33.6 Å². The number of nitrogens with one attached hydrogen (secondary N) is 1. The first-order valence-corrected chi connectivity index (χ1v) is 10.3. The Morgan fingerprint density at radius 3 is 2.32 bits per heavy atom. The summed E-state index contributed by atoms with van der Waals surface area (Å²) >= 11 is 3.53. The zero-order chi connectivity index (χ0) is 19.5. The molecule has 0 bridgehead atoms. The molecule has 0 amide bonds. The molecule has 0 saturated heterocycles. The van der Waals surface area contributed by atoms with Gasteiger partial charge in [-0.15, -0.1) is 0 Å². The van der Waals surface area contributed by atoms with Crippen LogP contribution in [0.4, 0.5) is 0 Å². The molecule has 0 unspecified atom stereocenters. The lowest BCUT2D eigenvalue weighted by Crippen LogP contribution is -2.25. The van der Waals surface area contributed by atoms with Gasteiger partial charge < -0.3 is 10.1 Å². The van der Waals surface area contributed by atoms with Crippen LogP contribution >= 0.6 is 15.9 Å². The van der Waals surface area contributed by atoms with Crippen LogP contribution in [-0.4, -0.2) is 12.4 Å². The average molecular weight is 435 g/mol. The highest BCUT2D eigenvalue weighted by Crippen LogP contribution is 2.38. The Hall–Kier alpha value is -2.59. The minimum absolute atomic E-state index is 0.000453. The summed E-state index contributed by atoms with van der Waals surface area (Å²) in [7, 11) is 0. The third-order valence-corrected chi connectivity index (χ3v) is 5.49. The van der Waals surface area contributed by atoms with E-state index < -0.39 is 0 Å². The number of amidine groups is 1. The first-order chi connectivity index (χ1) is 13.7. The van der Waals surface area contributed by atoms with Gasteiger partial charge in [0.15, 0.2) is 0 Å². The molecule has 1 heterocycles. The van der Waals surface area contributed by atoms with Crippen molar-refractivity contribution in [3.63, 3.8) is 0 Å². The van der Waals surface area contributed by atoms with E-state index in [1.54, 1.807) is 0 Å². The Labute approximate surface area is 174 Å². The maximum absolute atomic E-state index is 5.84. The molecule has 0 spiro atoms. The minimum atomic E-state index is 0.000453. The maximum atomic E-state index is 5.84. The summed E-state index contributed by atoms with van der Waals surface area (Å²) in [6.07, 6.45) is 0. The van der Waals surface area contributed by atoms with Crippen LogP contribution in [0.1, 0.15) is 41.3 Å². The van der Waals surface area contributed by atoms with Crippen LogP contribution in [0.5, 0.6) is 5.75 Å². The fourth-order valence-corrected chi connectivity index (χ4v) is 3.80. The highest BCUT2D eigenvalue weighted by molar-refractivity contribution is 9.10. The SMILES string of the molecule is CCOc1ccccc1C1=N[C@H](c2ccc(Br)cc2)[C@H](c2ccc(C)cc2)N1. The number of hydrogen-bond donors (Lipinski definition) is 1. The fraction of sp³-hybridized carbons (Fsp3) is 0.208. The van der Waals surface area contributed by atoms with Crippen LogP contribution in [-0.2, 0) is 0 Å². The van der Waals surface area contributed by atoms with Gasteiger partial charge >= 0.3 is 0 Å². The number of para-hydroxylation sites is 1. The predicted molar refractivity (Wildman–Crippen MR) is 118 cm³/mol. The summed E-state index contributed by atoms with van der Waals surface area (Å²) in [6, 6.07) is 25.3. The Morgan fingerprint density at radius 2 is 1.61 bits per heavy atom. The van der Waals surface area contributed by atoms with Crippen LogP contribution in [0.15, 0.2) is 82.3 Å². The first-order valence-electron chi connectivity index (χ1n) is 9.54. The minimum Gasteiger partial charge on any atom is -0.493 e. The molecule has 3 aromatic rings. The zero-order valence-electron chi connectivity index (χ0n) is 16.0. The number of aliphatic imine (C=N–C) groups is 1.